The molecule has 0 saturated carbocycles. The van der Waals surface area contributed by atoms with Crippen molar-refractivity contribution in [2.75, 3.05) is 32.0 Å². The molecule has 188 valence electrons. The van der Waals surface area contributed by atoms with E-state index in [-0.39, 0.29) is 24.1 Å². The van der Waals surface area contributed by atoms with Gasteiger partial charge in [-0.15, -0.1) is 23.7 Å². The second-order valence-electron chi connectivity index (χ2n) is 8.24. The highest BCUT2D eigenvalue weighted by atomic mass is 35.5. The van der Waals surface area contributed by atoms with E-state index in [0.29, 0.717) is 49.1 Å². The summed E-state index contributed by atoms with van der Waals surface area (Å²) in [6.07, 6.45) is 3.33. The van der Waals surface area contributed by atoms with Crippen LogP contribution in [0.1, 0.15) is 26.8 Å². The fourth-order valence-electron chi connectivity index (χ4n) is 3.92. The first-order valence-corrected chi connectivity index (χ1v) is 11.9. The minimum absolute atomic E-state index is 0. The number of carbonyl (C=O) groups is 4. The maximum Gasteiger partial charge on any atom is 0.314 e. The standard InChI is InChI=1S/C21H24ClN7O4S.ClH/c1-28-6-4-13(24-18(31)19(32)27-17-3-2-12(22)8-23-17)15(9-28)25-20(33)21-26-14-5-7-29(11-30)10-16(14)34-21;/h2-3,8,11,13,15H,4-7,9-10H2,1H3,(H,24,31)(H,25,33)(H,23,27,32);1H/t13-,15+;/m0./s1. The molecule has 1 fully saturated rings. The number of hydrogen-bond acceptors (Lipinski definition) is 8. The molecule has 0 aliphatic carbocycles. The molecule has 35 heavy (non-hydrogen) atoms. The number of fused-ring (bicyclic) bond motifs is 1. The van der Waals surface area contributed by atoms with Crippen LogP contribution in [0.3, 0.4) is 0 Å². The predicted octanol–water partition coefficient (Wildman–Crippen LogP) is 0.685. The molecule has 11 nitrogen and oxygen atoms in total. The molecule has 14 heteroatoms. The molecular formula is C21H25Cl2N7O4S. The van der Waals surface area contributed by atoms with Gasteiger partial charge < -0.3 is 25.8 Å². The highest BCUT2D eigenvalue weighted by Crippen LogP contribution is 2.25. The van der Waals surface area contributed by atoms with Crippen LogP contribution < -0.4 is 16.0 Å². The number of nitrogens with one attached hydrogen (secondary N) is 3. The van der Waals surface area contributed by atoms with Crippen molar-refractivity contribution in [3.63, 3.8) is 0 Å². The molecule has 4 rings (SSSR count). The summed E-state index contributed by atoms with van der Waals surface area (Å²) in [6, 6.07) is 2.20. The first-order valence-electron chi connectivity index (χ1n) is 10.7. The Balaban J connectivity index is 0.00000342. The van der Waals surface area contributed by atoms with E-state index in [2.05, 4.69) is 25.9 Å². The Kier molecular flexibility index (Phi) is 9.00. The molecule has 0 aromatic carbocycles. The lowest BCUT2D eigenvalue weighted by Crippen LogP contribution is -2.60. The number of amides is 4. The SMILES string of the molecule is CN1CC[C@H](NC(=O)C(=O)Nc2ccc(Cl)cn2)[C@H](NC(=O)c2nc3c(s2)CN(C=O)CC3)C1.Cl. The Morgan fingerprint density at radius 1 is 1.17 bits per heavy atom. The molecule has 0 unspecified atom stereocenters. The van der Waals surface area contributed by atoms with Gasteiger partial charge in [0.05, 0.1) is 29.3 Å². The van der Waals surface area contributed by atoms with Gasteiger partial charge in [-0.05, 0) is 32.1 Å². The van der Waals surface area contributed by atoms with Crippen molar-refractivity contribution in [2.45, 2.75) is 31.5 Å². The average molecular weight is 542 g/mol. The number of likely N-dealkylation sites (tertiary alicyclic amines) is 1. The van der Waals surface area contributed by atoms with E-state index in [1.165, 1.54) is 23.6 Å². The number of carbonyl (C=O) groups excluding carboxylic acids is 4. The maximum atomic E-state index is 12.9. The summed E-state index contributed by atoms with van der Waals surface area (Å²) in [5.74, 6) is -1.81. The Bertz CT molecular complexity index is 1100. The predicted molar refractivity (Wildman–Crippen MR) is 133 cm³/mol. The molecule has 0 spiro atoms. The van der Waals surface area contributed by atoms with Crippen molar-refractivity contribution >= 4 is 65.3 Å². The number of likely N-dealkylation sites (N-methyl/N-ethyl adjacent to an activating group) is 1. The second kappa shape index (κ2) is 11.8. The molecule has 2 aromatic heterocycles. The lowest BCUT2D eigenvalue weighted by atomic mass is 9.99. The van der Waals surface area contributed by atoms with Gasteiger partial charge in [0.15, 0.2) is 5.01 Å². The number of nitrogens with zero attached hydrogens (tertiary/aromatic N) is 4. The third-order valence-corrected chi connectivity index (χ3v) is 7.03. The molecule has 1 saturated heterocycles. The van der Waals surface area contributed by atoms with Crippen molar-refractivity contribution in [1.82, 2.24) is 30.4 Å². The van der Waals surface area contributed by atoms with Gasteiger partial charge in [0.25, 0.3) is 5.91 Å². The summed E-state index contributed by atoms with van der Waals surface area (Å²) in [4.78, 5) is 61.8. The molecule has 3 N–H and O–H groups in total. The van der Waals surface area contributed by atoms with Crippen LogP contribution in [0.5, 0.6) is 0 Å². The second-order valence-corrected chi connectivity index (χ2v) is 9.76. The van der Waals surface area contributed by atoms with Crippen molar-refractivity contribution < 1.29 is 19.2 Å². The fraction of sp³-hybridized carbons (Fsp3) is 0.429. The Hall–Kier alpha value is -2.80. The van der Waals surface area contributed by atoms with Gasteiger partial charge in [-0.25, -0.2) is 9.97 Å². The largest absolute Gasteiger partial charge is 0.344 e. The topological polar surface area (TPSA) is 137 Å². The minimum Gasteiger partial charge on any atom is -0.344 e. The Morgan fingerprint density at radius 2 is 1.97 bits per heavy atom. The van der Waals surface area contributed by atoms with Crippen molar-refractivity contribution in [2.24, 2.45) is 0 Å². The Morgan fingerprint density at radius 3 is 2.69 bits per heavy atom. The normalized spacial score (nSPS) is 19.7. The highest BCUT2D eigenvalue weighted by Gasteiger charge is 2.33. The lowest BCUT2D eigenvalue weighted by molar-refractivity contribution is -0.136. The molecule has 2 aliphatic heterocycles. The van der Waals surface area contributed by atoms with Gasteiger partial charge >= 0.3 is 11.8 Å². The first-order chi connectivity index (χ1) is 16.3. The van der Waals surface area contributed by atoms with Crippen LogP contribution in [0, 0.1) is 0 Å². The van der Waals surface area contributed by atoms with Crippen LogP contribution in [-0.2, 0) is 27.3 Å². The van der Waals surface area contributed by atoms with Gasteiger partial charge in [-0.3, -0.25) is 19.2 Å². The molecule has 2 aliphatic rings. The lowest BCUT2D eigenvalue weighted by Gasteiger charge is -2.37. The number of hydrogen-bond donors (Lipinski definition) is 3. The van der Waals surface area contributed by atoms with Crippen molar-refractivity contribution in [3.8, 4) is 0 Å². The maximum absolute atomic E-state index is 12.9. The molecule has 4 amide bonds. The number of halogens is 2. The summed E-state index contributed by atoms with van der Waals surface area (Å²) < 4.78 is 0. The van der Waals surface area contributed by atoms with Crippen LogP contribution in [0.4, 0.5) is 5.82 Å². The quantitative estimate of drug-likeness (QED) is 0.374. The third kappa shape index (κ3) is 6.66. The van der Waals surface area contributed by atoms with Gasteiger partial charge in [-0.2, -0.15) is 0 Å². The average Bonchev–Trinajstić information content (AvgIpc) is 3.25. The smallest absolute Gasteiger partial charge is 0.314 e. The van der Waals surface area contributed by atoms with E-state index in [1.807, 2.05) is 11.9 Å². The molecule has 2 atom stereocenters. The number of anilines is 1. The van der Waals surface area contributed by atoms with Gasteiger partial charge in [0.2, 0.25) is 6.41 Å². The van der Waals surface area contributed by atoms with Crippen LogP contribution in [-0.4, -0.2) is 82.7 Å². The number of piperidine rings is 1. The minimum atomic E-state index is -0.855. The van der Waals surface area contributed by atoms with Crippen LogP contribution >= 0.6 is 35.3 Å². The van der Waals surface area contributed by atoms with Gasteiger partial charge in [0.1, 0.15) is 5.82 Å². The van der Waals surface area contributed by atoms with Crippen molar-refractivity contribution in [3.05, 3.63) is 38.9 Å². The number of aromatic nitrogens is 2. The van der Waals surface area contributed by atoms with Crippen molar-refractivity contribution in [1.29, 1.82) is 0 Å². The van der Waals surface area contributed by atoms with E-state index >= 15 is 0 Å². The first kappa shape index (κ1) is 26.8. The Labute approximate surface area is 217 Å². The van der Waals surface area contributed by atoms with E-state index in [1.54, 1.807) is 11.0 Å². The summed E-state index contributed by atoms with van der Waals surface area (Å²) >= 11 is 7.05. The summed E-state index contributed by atoms with van der Waals surface area (Å²) in [6.45, 7) is 2.23. The molecule has 0 radical (unpaired) electrons. The number of thiazole rings is 1. The van der Waals surface area contributed by atoms with E-state index in [4.69, 9.17) is 11.6 Å². The summed E-state index contributed by atoms with van der Waals surface area (Å²) in [5.41, 5.74) is 0.839. The van der Waals surface area contributed by atoms with Gasteiger partial charge in [0, 0.05) is 30.6 Å². The van der Waals surface area contributed by atoms with Crippen LogP contribution in [0.25, 0.3) is 0 Å². The molecular weight excluding hydrogens is 517 g/mol. The van der Waals surface area contributed by atoms with E-state index in [9.17, 15) is 19.2 Å². The fourth-order valence-corrected chi connectivity index (χ4v) is 5.07. The molecule has 2 aromatic rings. The summed E-state index contributed by atoms with van der Waals surface area (Å²) in [5, 5.41) is 8.85. The zero-order valence-electron chi connectivity index (χ0n) is 18.8. The molecule has 0 bridgehead atoms. The third-order valence-electron chi connectivity index (χ3n) is 5.73. The molecule has 4 heterocycles. The summed E-state index contributed by atoms with van der Waals surface area (Å²) in [7, 11) is 1.92. The van der Waals surface area contributed by atoms with Crippen LogP contribution in [0.15, 0.2) is 18.3 Å². The zero-order valence-corrected chi connectivity index (χ0v) is 21.2. The monoisotopic (exact) mass is 541 g/mol. The van der Waals surface area contributed by atoms with Gasteiger partial charge in [-0.1, -0.05) is 11.6 Å². The van der Waals surface area contributed by atoms with Crippen LogP contribution in [0.2, 0.25) is 5.02 Å². The van der Waals surface area contributed by atoms with E-state index in [0.717, 1.165) is 17.0 Å². The van der Waals surface area contributed by atoms with E-state index < -0.39 is 23.9 Å². The number of rotatable bonds is 5. The highest BCUT2D eigenvalue weighted by molar-refractivity contribution is 7.13. The zero-order chi connectivity index (χ0) is 24.2. The number of pyridine rings is 1.